The smallest absolute Gasteiger partial charge is 0.308 e. The van der Waals surface area contributed by atoms with E-state index in [1.807, 2.05) is 37.3 Å². The van der Waals surface area contributed by atoms with E-state index < -0.39 is 11.9 Å². The number of aromatic nitrogens is 1. The molecule has 4 rings (SSSR count). The predicted octanol–water partition coefficient (Wildman–Crippen LogP) is 5.31. The van der Waals surface area contributed by atoms with E-state index in [9.17, 15) is 14.7 Å². The zero-order valence-electron chi connectivity index (χ0n) is 23.1. The van der Waals surface area contributed by atoms with E-state index in [-0.39, 0.29) is 29.8 Å². The summed E-state index contributed by atoms with van der Waals surface area (Å²) in [5.41, 5.74) is 2.72. The molecule has 2 aromatic rings. The Bertz CT molecular complexity index is 1150. The number of unbranched alkanes of at least 4 members (excludes halogenated alkanes) is 1. The van der Waals surface area contributed by atoms with Crippen LogP contribution in [0.3, 0.4) is 0 Å². The first kappa shape index (κ1) is 27.8. The van der Waals surface area contributed by atoms with Crippen molar-refractivity contribution in [3.63, 3.8) is 0 Å². The number of ether oxygens (including phenoxy) is 1. The molecule has 3 atom stereocenters. The highest BCUT2D eigenvalue weighted by Gasteiger charge is 2.48. The van der Waals surface area contributed by atoms with Crippen molar-refractivity contribution in [2.45, 2.75) is 65.3 Å². The van der Waals surface area contributed by atoms with Crippen molar-refractivity contribution in [3.8, 4) is 5.75 Å². The number of carbonyl (C=O) groups excluding carboxylic acids is 1. The summed E-state index contributed by atoms with van der Waals surface area (Å²) in [5.74, 6) is -0.764. The van der Waals surface area contributed by atoms with Gasteiger partial charge in [-0.25, -0.2) is 0 Å². The Balaban J connectivity index is 1.67. The maximum Gasteiger partial charge on any atom is 0.308 e. The van der Waals surface area contributed by atoms with Gasteiger partial charge in [-0.1, -0.05) is 51.5 Å². The summed E-state index contributed by atoms with van der Waals surface area (Å²) >= 11 is 0. The van der Waals surface area contributed by atoms with Crippen LogP contribution in [0.25, 0.3) is 0 Å². The van der Waals surface area contributed by atoms with Gasteiger partial charge in [0.15, 0.2) is 0 Å². The van der Waals surface area contributed by atoms with E-state index in [1.54, 1.807) is 17.3 Å². The second kappa shape index (κ2) is 12.1. The van der Waals surface area contributed by atoms with E-state index in [1.165, 1.54) is 0 Å². The second-order valence-corrected chi connectivity index (χ2v) is 11.2. The van der Waals surface area contributed by atoms with E-state index in [0.717, 1.165) is 41.8 Å². The van der Waals surface area contributed by atoms with Crippen LogP contribution in [-0.2, 0) is 16.0 Å². The number of hydrogen-bond acceptors (Lipinski definition) is 5. The highest BCUT2D eigenvalue weighted by molar-refractivity contribution is 5.94. The van der Waals surface area contributed by atoms with Crippen LogP contribution in [0.1, 0.15) is 64.0 Å². The van der Waals surface area contributed by atoms with Crippen molar-refractivity contribution in [2.24, 2.45) is 11.3 Å². The molecule has 0 radical (unpaired) electrons. The maximum atomic E-state index is 13.8. The predicted molar refractivity (Wildman–Crippen MR) is 150 cm³/mol. The number of carboxylic acids is 1. The lowest BCUT2D eigenvalue weighted by atomic mass is 9.77. The van der Waals surface area contributed by atoms with Gasteiger partial charge < -0.3 is 14.7 Å². The molecule has 0 spiro atoms. The van der Waals surface area contributed by atoms with Gasteiger partial charge in [0.25, 0.3) is 0 Å². The van der Waals surface area contributed by atoms with Crippen LogP contribution in [0.15, 0.2) is 54.9 Å². The summed E-state index contributed by atoms with van der Waals surface area (Å²) in [4.78, 5) is 34.8. The third-order valence-electron chi connectivity index (χ3n) is 7.86. The summed E-state index contributed by atoms with van der Waals surface area (Å²) in [6, 6.07) is 9.57. The fourth-order valence-electron chi connectivity index (χ4n) is 6.07. The first-order valence-electron chi connectivity index (χ1n) is 13.8. The molecule has 3 unspecified atom stereocenters. The van der Waals surface area contributed by atoms with E-state index in [2.05, 4.69) is 42.8 Å². The Morgan fingerprint density at radius 2 is 2.11 bits per heavy atom. The lowest BCUT2D eigenvalue weighted by molar-refractivity contribution is -0.143. The second-order valence-electron chi connectivity index (χ2n) is 11.2. The number of carboxylic acid groups (broad SMARTS) is 1. The van der Waals surface area contributed by atoms with Crippen molar-refractivity contribution in [3.05, 3.63) is 66.0 Å². The Morgan fingerprint density at radius 1 is 1.29 bits per heavy atom. The van der Waals surface area contributed by atoms with E-state index in [0.29, 0.717) is 26.1 Å². The number of hydrogen-bond donors (Lipinski definition) is 1. The van der Waals surface area contributed by atoms with Crippen molar-refractivity contribution in [2.75, 3.05) is 31.1 Å². The summed E-state index contributed by atoms with van der Waals surface area (Å²) in [5, 5.41) is 10.5. The molecule has 1 aromatic carbocycles. The van der Waals surface area contributed by atoms with Gasteiger partial charge in [0.2, 0.25) is 5.91 Å². The lowest BCUT2D eigenvalue weighted by Crippen LogP contribution is -2.45. The van der Waals surface area contributed by atoms with E-state index in [4.69, 9.17) is 4.74 Å². The molecule has 38 heavy (non-hydrogen) atoms. The largest absolute Gasteiger partial charge is 0.493 e. The Kier molecular flexibility index (Phi) is 8.87. The highest BCUT2D eigenvalue weighted by Crippen LogP contribution is 2.44. The van der Waals surface area contributed by atoms with Crippen LogP contribution in [0.4, 0.5) is 5.69 Å². The van der Waals surface area contributed by atoms with Crippen LogP contribution in [0, 0.1) is 11.3 Å². The van der Waals surface area contributed by atoms with Gasteiger partial charge in [-0.15, -0.1) is 0 Å². The van der Waals surface area contributed by atoms with Gasteiger partial charge in [0, 0.05) is 37.7 Å². The molecule has 1 amide bonds. The molecule has 1 saturated heterocycles. The molecule has 204 valence electrons. The van der Waals surface area contributed by atoms with Crippen LogP contribution in [-0.4, -0.2) is 59.1 Å². The van der Waals surface area contributed by atoms with Gasteiger partial charge >= 0.3 is 5.97 Å². The van der Waals surface area contributed by atoms with Crippen molar-refractivity contribution < 1.29 is 19.4 Å². The molecule has 7 heteroatoms. The molecule has 1 aromatic heterocycles. The zero-order chi connectivity index (χ0) is 27.3. The van der Waals surface area contributed by atoms with Gasteiger partial charge in [0.1, 0.15) is 5.75 Å². The van der Waals surface area contributed by atoms with Crippen LogP contribution < -0.4 is 9.64 Å². The zero-order valence-corrected chi connectivity index (χ0v) is 23.1. The van der Waals surface area contributed by atoms with Crippen molar-refractivity contribution >= 4 is 17.6 Å². The van der Waals surface area contributed by atoms with Crippen LogP contribution in [0.2, 0.25) is 0 Å². The number of aliphatic carboxylic acids is 1. The number of fused-ring (bicyclic) bond motifs is 1. The summed E-state index contributed by atoms with van der Waals surface area (Å²) < 4.78 is 5.69. The molecule has 7 nitrogen and oxygen atoms in total. The molecule has 0 aliphatic carbocycles. The molecule has 2 aliphatic rings. The minimum absolute atomic E-state index is 0.0209. The average Bonchev–Trinajstić information content (AvgIpc) is 3.49. The number of pyridine rings is 1. The van der Waals surface area contributed by atoms with Crippen molar-refractivity contribution in [1.29, 1.82) is 0 Å². The molecular weight excluding hydrogens is 478 g/mol. The SMILES string of the molecule is C/C=C/C(C)(C)CC1C(C(=O)O)C(c2ccc3c(c2)CCO3)CN1CC(=O)N(CCCC)c1cccnc1. The molecule has 1 N–H and O–H groups in total. The Labute approximate surface area is 226 Å². The number of benzene rings is 1. The number of rotatable bonds is 11. The number of carbonyl (C=O) groups is 2. The number of amides is 1. The minimum atomic E-state index is -0.807. The minimum Gasteiger partial charge on any atom is -0.493 e. The fourth-order valence-corrected chi connectivity index (χ4v) is 6.07. The van der Waals surface area contributed by atoms with E-state index >= 15 is 0 Å². The standard InChI is InChI=1S/C31H41N3O4/c1-5-7-15-34(24-9-8-14-32-19-24)28(35)21-33-20-25(22-10-11-27-23(17-22)12-16-38-27)29(30(36)37)26(33)18-31(3,4)13-6-2/h6,8-11,13-14,17,19,25-26,29H,5,7,12,15-16,18,20-21H2,1-4H3,(H,36,37)/b13-6+. The summed E-state index contributed by atoms with van der Waals surface area (Å²) in [6.07, 6.45) is 10.9. The Hall–Kier alpha value is -3.19. The molecular formula is C31H41N3O4. The van der Waals surface area contributed by atoms with Crippen LogP contribution in [0.5, 0.6) is 5.75 Å². The Morgan fingerprint density at radius 3 is 2.79 bits per heavy atom. The number of allylic oxidation sites excluding steroid dienone is 2. The molecule has 1 fully saturated rings. The quantitative estimate of drug-likeness (QED) is 0.405. The average molecular weight is 520 g/mol. The van der Waals surface area contributed by atoms with Crippen molar-refractivity contribution in [1.82, 2.24) is 9.88 Å². The molecule has 0 saturated carbocycles. The molecule has 3 heterocycles. The third-order valence-corrected chi connectivity index (χ3v) is 7.86. The maximum absolute atomic E-state index is 13.8. The number of nitrogens with zero attached hydrogens (tertiary/aromatic N) is 3. The number of anilines is 1. The third kappa shape index (κ3) is 6.26. The first-order valence-corrected chi connectivity index (χ1v) is 13.8. The molecule has 0 bridgehead atoms. The first-order chi connectivity index (χ1) is 18.2. The van der Waals surface area contributed by atoms with Gasteiger partial charge in [0.05, 0.1) is 31.0 Å². The normalized spacial score (nSPS) is 21.4. The monoisotopic (exact) mass is 519 g/mol. The summed E-state index contributed by atoms with van der Waals surface area (Å²) in [7, 11) is 0. The van der Waals surface area contributed by atoms with Crippen LogP contribution >= 0.6 is 0 Å². The molecule has 2 aliphatic heterocycles. The topological polar surface area (TPSA) is 83.0 Å². The number of likely N-dealkylation sites (tertiary alicyclic amines) is 1. The highest BCUT2D eigenvalue weighted by atomic mass is 16.5. The fraction of sp³-hybridized carbons (Fsp3) is 0.516. The lowest BCUT2D eigenvalue weighted by Gasteiger charge is -2.34. The van der Waals surface area contributed by atoms with Gasteiger partial charge in [-0.2, -0.15) is 0 Å². The summed E-state index contributed by atoms with van der Waals surface area (Å²) in [6.45, 7) is 10.3. The van der Waals surface area contributed by atoms with Gasteiger partial charge in [-0.05, 0) is 54.5 Å². The van der Waals surface area contributed by atoms with Gasteiger partial charge in [-0.3, -0.25) is 19.5 Å².